The number of hydrogen-bond donors (Lipinski definition) is 1. The topological polar surface area (TPSA) is 42.4 Å². The Bertz CT molecular complexity index is 518. The molecule has 1 heterocycles. The van der Waals surface area contributed by atoms with Crippen LogP contribution in [-0.4, -0.2) is 18.0 Å². The largest absolute Gasteiger partial charge is 0.459 e. The molecule has 1 unspecified atom stereocenters. The second-order valence-corrected chi connectivity index (χ2v) is 4.88. The maximum atomic E-state index is 5.81. The van der Waals surface area contributed by atoms with Gasteiger partial charge in [0, 0.05) is 23.5 Å². The van der Waals surface area contributed by atoms with Crippen LogP contribution < -0.4 is 5.73 Å². The third-order valence-electron chi connectivity index (χ3n) is 3.72. The zero-order chi connectivity index (χ0) is 13.1. The molecule has 0 bridgehead atoms. The van der Waals surface area contributed by atoms with Crippen LogP contribution in [0, 0.1) is 0 Å². The highest BCUT2D eigenvalue weighted by Crippen LogP contribution is 2.27. The molecule has 1 atom stereocenters. The molecule has 2 rings (SSSR count). The van der Waals surface area contributed by atoms with Crippen molar-refractivity contribution in [3.63, 3.8) is 0 Å². The minimum atomic E-state index is 0.457. The van der Waals surface area contributed by atoms with Crippen molar-refractivity contribution in [3.05, 3.63) is 35.6 Å². The molecule has 0 amide bonds. The molecule has 0 spiro atoms. The van der Waals surface area contributed by atoms with Gasteiger partial charge in [0.25, 0.3) is 0 Å². The van der Waals surface area contributed by atoms with E-state index in [-0.39, 0.29) is 0 Å². The standard InChI is InChI=1S/C15H22N2O/c1-4-11(2)17(3)10-13-12-7-5-6-8-14(12)18-15(13)9-16/h5-8,11H,4,9-10,16H2,1-3H3. The number of benzene rings is 1. The van der Waals surface area contributed by atoms with Crippen LogP contribution in [0.25, 0.3) is 11.0 Å². The fraction of sp³-hybridized carbons (Fsp3) is 0.467. The van der Waals surface area contributed by atoms with Crippen LogP contribution in [0.5, 0.6) is 0 Å². The fourth-order valence-electron chi connectivity index (χ4n) is 2.20. The molecule has 0 saturated heterocycles. The van der Waals surface area contributed by atoms with Crippen molar-refractivity contribution in [1.82, 2.24) is 4.90 Å². The summed E-state index contributed by atoms with van der Waals surface area (Å²) >= 11 is 0. The van der Waals surface area contributed by atoms with Crippen LogP contribution in [0.1, 0.15) is 31.6 Å². The summed E-state index contributed by atoms with van der Waals surface area (Å²) in [7, 11) is 2.15. The van der Waals surface area contributed by atoms with Gasteiger partial charge in [0.1, 0.15) is 11.3 Å². The highest BCUT2D eigenvalue weighted by Gasteiger charge is 2.16. The van der Waals surface area contributed by atoms with Gasteiger partial charge in [-0.3, -0.25) is 4.90 Å². The highest BCUT2D eigenvalue weighted by molar-refractivity contribution is 5.82. The van der Waals surface area contributed by atoms with E-state index in [4.69, 9.17) is 10.2 Å². The molecule has 3 nitrogen and oxygen atoms in total. The van der Waals surface area contributed by atoms with Crippen molar-refractivity contribution >= 4 is 11.0 Å². The van der Waals surface area contributed by atoms with E-state index < -0.39 is 0 Å². The second-order valence-electron chi connectivity index (χ2n) is 4.88. The van der Waals surface area contributed by atoms with Gasteiger partial charge in [0.15, 0.2) is 0 Å². The van der Waals surface area contributed by atoms with Crippen LogP contribution in [0.2, 0.25) is 0 Å². The van der Waals surface area contributed by atoms with Gasteiger partial charge in [0.05, 0.1) is 6.54 Å². The first-order valence-corrected chi connectivity index (χ1v) is 6.57. The van der Waals surface area contributed by atoms with Crippen molar-refractivity contribution in [1.29, 1.82) is 0 Å². The molecule has 0 saturated carbocycles. The van der Waals surface area contributed by atoms with Gasteiger partial charge < -0.3 is 10.2 Å². The fourth-order valence-corrected chi connectivity index (χ4v) is 2.20. The Morgan fingerprint density at radius 3 is 2.72 bits per heavy atom. The minimum absolute atomic E-state index is 0.457. The average molecular weight is 246 g/mol. The Hall–Kier alpha value is -1.32. The predicted molar refractivity (Wildman–Crippen MR) is 75.3 cm³/mol. The molecule has 0 aliphatic carbocycles. The minimum Gasteiger partial charge on any atom is -0.459 e. The summed E-state index contributed by atoms with van der Waals surface area (Å²) in [6, 6.07) is 8.71. The first kappa shape index (κ1) is 13.1. The van der Waals surface area contributed by atoms with E-state index in [9.17, 15) is 0 Å². The van der Waals surface area contributed by atoms with Gasteiger partial charge in [-0.2, -0.15) is 0 Å². The Morgan fingerprint density at radius 1 is 1.33 bits per heavy atom. The number of nitrogens with two attached hydrogens (primary N) is 1. The molecule has 0 aliphatic heterocycles. The average Bonchev–Trinajstić information content (AvgIpc) is 2.76. The van der Waals surface area contributed by atoms with E-state index >= 15 is 0 Å². The summed E-state index contributed by atoms with van der Waals surface area (Å²) in [5, 5.41) is 1.19. The number of para-hydroxylation sites is 1. The molecular formula is C15H22N2O. The van der Waals surface area contributed by atoms with Gasteiger partial charge in [-0.25, -0.2) is 0 Å². The third kappa shape index (κ3) is 2.42. The highest BCUT2D eigenvalue weighted by atomic mass is 16.3. The summed E-state index contributed by atoms with van der Waals surface area (Å²) in [4.78, 5) is 2.34. The Labute approximate surface area is 109 Å². The molecule has 2 N–H and O–H groups in total. The lowest BCUT2D eigenvalue weighted by molar-refractivity contribution is 0.243. The molecule has 0 aliphatic rings. The van der Waals surface area contributed by atoms with Crippen LogP contribution in [-0.2, 0) is 13.1 Å². The number of fused-ring (bicyclic) bond motifs is 1. The first-order valence-electron chi connectivity index (χ1n) is 6.57. The summed E-state index contributed by atoms with van der Waals surface area (Å²) in [6.45, 7) is 5.79. The number of nitrogens with zero attached hydrogens (tertiary/aromatic N) is 1. The Kier molecular flexibility index (Phi) is 4.04. The van der Waals surface area contributed by atoms with Crippen LogP contribution in [0.4, 0.5) is 0 Å². The zero-order valence-corrected chi connectivity index (χ0v) is 11.4. The van der Waals surface area contributed by atoms with Crippen LogP contribution in [0.3, 0.4) is 0 Å². The summed E-state index contributed by atoms with van der Waals surface area (Å²) < 4.78 is 5.81. The lowest BCUT2D eigenvalue weighted by Crippen LogP contribution is -2.28. The first-order chi connectivity index (χ1) is 8.67. The van der Waals surface area contributed by atoms with E-state index in [1.54, 1.807) is 0 Å². The van der Waals surface area contributed by atoms with Crippen molar-refractivity contribution in [2.75, 3.05) is 7.05 Å². The van der Waals surface area contributed by atoms with Gasteiger partial charge in [0.2, 0.25) is 0 Å². The lowest BCUT2D eigenvalue weighted by Gasteiger charge is -2.23. The molecule has 1 aromatic carbocycles. The van der Waals surface area contributed by atoms with Crippen LogP contribution in [0.15, 0.2) is 28.7 Å². The van der Waals surface area contributed by atoms with Crippen molar-refractivity contribution in [2.45, 2.75) is 39.4 Å². The Balaban J connectivity index is 2.36. The molecule has 0 fully saturated rings. The monoisotopic (exact) mass is 246 g/mol. The van der Waals surface area contributed by atoms with E-state index in [0.29, 0.717) is 12.6 Å². The maximum absolute atomic E-state index is 5.81. The summed E-state index contributed by atoms with van der Waals surface area (Å²) in [6.07, 6.45) is 1.14. The number of rotatable bonds is 5. The molecule has 18 heavy (non-hydrogen) atoms. The van der Waals surface area contributed by atoms with E-state index in [2.05, 4.69) is 31.9 Å². The maximum Gasteiger partial charge on any atom is 0.134 e. The molecule has 2 aromatic rings. The predicted octanol–water partition coefficient (Wildman–Crippen LogP) is 3.12. The second kappa shape index (κ2) is 5.55. The van der Waals surface area contributed by atoms with E-state index in [1.165, 1.54) is 10.9 Å². The normalized spacial score (nSPS) is 13.4. The molecule has 0 radical (unpaired) electrons. The molecule has 1 aromatic heterocycles. The lowest BCUT2D eigenvalue weighted by atomic mass is 10.1. The van der Waals surface area contributed by atoms with Crippen LogP contribution >= 0.6 is 0 Å². The molecule has 3 heteroatoms. The third-order valence-corrected chi connectivity index (χ3v) is 3.72. The van der Waals surface area contributed by atoms with Gasteiger partial charge in [-0.05, 0) is 26.5 Å². The molecular weight excluding hydrogens is 224 g/mol. The van der Waals surface area contributed by atoms with Crippen molar-refractivity contribution < 1.29 is 4.42 Å². The molecule has 98 valence electrons. The number of hydrogen-bond acceptors (Lipinski definition) is 3. The quantitative estimate of drug-likeness (QED) is 0.881. The van der Waals surface area contributed by atoms with Gasteiger partial charge in [-0.15, -0.1) is 0 Å². The SMILES string of the molecule is CCC(C)N(C)Cc1c(CN)oc2ccccc12. The summed E-state index contributed by atoms with van der Waals surface area (Å²) in [5.41, 5.74) is 7.95. The van der Waals surface area contributed by atoms with E-state index in [0.717, 1.165) is 24.3 Å². The van der Waals surface area contributed by atoms with Crippen molar-refractivity contribution in [2.24, 2.45) is 5.73 Å². The summed E-state index contributed by atoms with van der Waals surface area (Å²) in [5.74, 6) is 0.909. The van der Waals surface area contributed by atoms with Gasteiger partial charge in [-0.1, -0.05) is 25.1 Å². The van der Waals surface area contributed by atoms with Crippen molar-refractivity contribution in [3.8, 4) is 0 Å². The smallest absolute Gasteiger partial charge is 0.134 e. The van der Waals surface area contributed by atoms with E-state index in [1.807, 2.05) is 18.2 Å². The number of furan rings is 1. The van der Waals surface area contributed by atoms with Gasteiger partial charge >= 0.3 is 0 Å². The zero-order valence-electron chi connectivity index (χ0n) is 11.4. The Morgan fingerprint density at radius 2 is 2.06 bits per heavy atom.